The normalized spacial score (nSPS) is 20.8. The number of allylic oxidation sites excluding steroid dienone is 10. The van der Waals surface area contributed by atoms with Gasteiger partial charge in [-0.15, -0.1) is 0 Å². The molecular formula is C49H86O9. The van der Waals surface area contributed by atoms with Gasteiger partial charge in [-0.1, -0.05) is 152 Å². The summed E-state index contributed by atoms with van der Waals surface area (Å²) in [5.74, 6) is -0.333. The second-order valence-electron chi connectivity index (χ2n) is 15.8. The van der Waals surface area contributed by atoms with E-state index in [1.54, 1.807) is 0 Å². The Hall–Kier alpha value is -2.11. The first-order valence-corrected chi connectivity index (χ1v) is 23.4. The van der Waals surface area contributed by atoms with E-state index in [1.807, 2.05) is 0 Å². The first-order chi connectivity index (χ1) is 28.4. The summed E-state index contributed by atoms with van der Waals surface area (Å²) >= 11 is 0. The summed E-state index contributed by atoms with van der Waals surface area (Å²) in [5, 5.41) is 40.1. The summed E-state index contributed by atoms with van der Waals surface area (Å²) in [6.07, 6.45) is 43.8. The molecule has 58 heavy (non-hydrogen) atoms. The fourth-order valence-electron chi connectivity index (χ4n) is 6.70. The summed E-state index contributed by atoms with van der Waals surface area (Å²) in [4.78, 5) is 12.8. The summed E-state index contributed by atoms with van der Waals surface area (Å²) in [6, 6.07) is 0. The monoisotopic (exact) mass is 819 g/mol. The molecule has 0 saturated carbocycles. The van der Waals surface area contributed by atoms with E-state index in [0.29, 0.717) is 13.0 Å². The van der Waals surface area contributed by atoms with E-state index in [0.717, 1.165) is 83.5 Å². The van der Waals surface area contributed by atoms with E-state index in [4.69, 9.17) is 18.9 Å². The molecular weight excluding hydrogens is 733 g/mol. The van der Waals surface area contributed by atoms with E-state index < -0.39 is 43.4 Å². The molecule has 9 heteroatoms. The summed E-state index contributed by atoms with van der Waals surface area (Å²) in [7, 11) is 0. The Bertz CT molecular complexity index is 1070. The predicted octanol–water partition coefficient (Wildman–Crippen LogP) is 10.7. The van der Waals surface area contributed by atoms with Crippen molar-refractivity contribution in [3.63, 3.8) is 0 Å². The highest BCUT2D eigenvalue weighted by atomic mass is 16.7. The van der Waals surface area contributed by atoms with Crippen LogP contribution in [0.4, 0.5) is 0 Å². The number of aliphatic hydroxyl groups excluding tert-OH is 4. The van der Waals surface area contributed by atoms with Crippen LogP contribution < -0.4 is 0 Å². The Morgan fingerprint density at radius 3 is 1.50 bits per heavy atom. The maximum absolute atomic E-state index is 12.8. The quantitative estimate of drug-likeness (QED) is 0.0272. The zero-order chi connectivity index (χ0) is 42.2. The van der Waals surface area contributed by atoms with Gasteiger partial charge in [0.1, 0.15) is 30.5 Å². The fourth-order valence-corrected chi connectivity index (χ4v) is 6.70. The SMILES string of the molecule is CCCCC/C=C\C/C=C\C/C=C\CCCCCCCCCOCC(COC1OC(CO)C(O)C(O)C1O)OC(=O)CCCCCCC/C=C\C/C=C\CCCCC. The van der Waals surface area contributed by atoms with Crippen molar-refractivity contribution in [3.05, 3.63) is 60.8 Å². The number of unbranched alkanes of at least 4 members (excludes halogenated alkanes) is 18. The molecule has 4 N–H and O–H groups in total. The van der Waals surface area contributed by atoms with Crippen LogP contribution in [0.3, 0.4) is 0 Å². The Morgan fingerprint density at radius 2 is 1.00 bits per heavy atom. The second-order valence-corrected chi connectivity index (χ2v) is 15.8. The van der Waals surface area contributed by atoms with Gasteiger partial charge in [-0.2, -0.15) is 0 Å². The minimum Gasteiger partial charge on any atom is -0.457 e. The number of carbonyl (C=O) groups excluding carboxylic acids is 1. The Kier molecular flexibility index (Phi) is 37.5. The topological polar surface area (TPSA) is 135 Å². The lowest BCUT2D eigenvalue weighted by molar-refractivity contribution is -0.305. The molecule has 0 aromatic heterocycles. The average molecular weight is 819 g/mol. The molecule has 1 heterocycles. The van der Waals surface area contributed by atoms with Crippen molar-refractivity contribution < 1.29 is 44.2 Å². The number of hydrogen-bond acceptors (Lipinski definition) is 9. The Labute approximate surface area is 354 Å². The molecule has 1 rings (SSSR count). The summed E-state index contributed by atoms with van der Waals surface area (Å²) in [6.45, 7) is 4.46. The largest absolute Gasteiger partial charge is 0.457 e. The molecule has 1 aliphatic heterocycles. The zero-order valence-electron chi connectivity index (χ0n) is 36.8. The molecule has 1 saturated heterocycles. The highest BCUT2D eigenvalue weighted by Crippen LogP contribution is 2.22. The minimum atomic E-state index is -1.54. The number of esters is 1. The minimum absolute atomic E-state index is 0.126. The predicted molar refractivity (Wildman–Crippen MR) is 238 cm³/mol. The molecule has 336 valence electrons. The second kappa shape index (κ2) is 40.3. The third-order valence-corrected chi connectivity index (χ3v) is 10.4. The Balaban J connectivity index is 2.27. The Morgan fingerprint density at radius 1 is 0.552 bits per heavy atom. The molecule has 6 unspecified atom stereocenters. The first kappa shape index (κ1) is 53.9. The molecule has 9 nitrogen and oxygen atoms in total. The van der Waals surface area contributed by atoms with Gasteiger partial charge < -0.3 is 39.4 Å². The maximum atomic E-state index is 12.8. The van der Waals surface area contributed by atoms with Gasteiger partial charge in [0, 0.05) is 13.0 Å². The van der Waals surface area contributed by atoms with Gasteiger partial charge in [-0.3, -0.25) is 4.79 Å². The van der Waals surface area contributed by atoms with Crippen LogP contribution in [0.5, 0.6) is 0 Å². The third kappa shape index (κ3) is 30.9. The van der Waals surface area contributed by atoms with Crippen molar-refractivity contribution in [2.24, 2.45) is 0 Å². The fraction of sp³-hybridized carbons (Fsp3) is 0.776. The van der Waals surface area contributed by atoms with Crippen molar-refractivity contribution in [2.75, 3.05) is 26.4 Å². The lowest BCUT2D eigenvalue weighted by atomic mass is 9.99. The van der Waals surface area contributed by atoms with Gasteiger partial charge in [-0.25, -0.2) is 0 Å². The van der Waals surface area contributed by atoms with Crippen LogP contribution in [-0.2, 0) is 23.7 Å². The number of rotatable bonds is 39. The molecule has 1 aliphatic rings. The molecule has 0 spiro atoms. The van der Waals surface area contributed by atoms with Crippen LogP contribution >= 0.6 is 0 Å². The van der Waals surface area contributed by atoms with Crippen LogP contribution in [0.1, 0.15) is 181 Å². The van der Waals surface area contributed by atoms with Crippen LogP contribution in [0, 0.1) is 0 Å². The van der Waals surface area contributed by atoms with Crippen LogP contribution in [0.2, 0.25) is 0 Å². The van der Waals surface area contributed by atoms with E-state index in [2.05, 4.69) is 74.6 Å². The van der Waals surface area contributed by atoms with E-state index >= 15 is 0 Å². The van der Waals surface area contributed by atoms with Crippen molar-refractivity contribution in [3.8, 4) is 0 Å². The van der Waals surface area contributed by atoms with Gasteiger partial charge in [0.05, 0.1) is 19.8 Å². The third-order valence-electron chi connectivity index (χ3n) is 10.4. The molecule has 0 bridgehead atoms. The average Bonchev–Trinajstić information content (AvgIpc) is 3.22. The van der Waals surface area contributed by atoms with Crippen molar-refractivity contribution >= 4 is 5.97 Å². The first-order valence-electron chi connectivity index (χ1n) is 23.4. The van der Waals surface area contributed by atoms with E-state index in [-0.39, 0.29) is 19.2 Å². The smallest absolute Gasteiger partial charge is 0.306 e. The van der Waals surface area contributed by atoms with Crippen LogP contribution in [-0.4, -0.2) is 89.6 Å². The maximum Gasteiger partial charge on any atom is 0.306 e. The number of hydrogen-bond donors (Lipinski definition) is 4. The molecule has 1 fully saturated rings. The van der Waals surface area contributed by atoms with Crippen molar-refractivity contribution in [1.82, 2.24) is 0 Å². The number of aliphatic hydroxyl groups is 4. The summed E-state index contributed by atoms with van der Waals surface area (Å²) in [5.41, 5.74) is 0. The van der Waals surface area contributed by atoms with Crippen molar-refractivity contribution in [1.29, 1.82) is 0 Å². The van der Waals surface area contributed by atoms with Gasteiger partial charge >= 0.3 is 5.97 Å². The highest BCUT2D eigenvalue weighted by Gasteiger charge is 2.44. The van der Waals surface area contributed by atoms with Gasteiger partial charge in [-0.05, 0) is 83.5 Å². The van der Waals surface area contributed by atoms with Gasteiger partial charge in [0.25, 0.3) is 0 Å². The van der Waals surface area contributed by atoms with Gasteiger partial charge in [0.2, 0.25) is 0 Å². The van der Waals surface area contributed by atoms with Gasteiger partial charge in [0.15, 0.2) is 6.29 Å². The molecule has 0 aromatic rings. The van der Waals surface area contributed by atoms with Crippen LogP contribution in [0.15, 0.2) is 60.8 Å². The molecule has 0 amide bonds. The standard InChI is InChI=1S/C49H86O9/c1-3-5-7-9-11-13-15-17-19-20-21-22-23-25-27-29-31-33-35-37-39-55-41-43(42-56-49-48(54)47(53)46(52)44(40-50)58-49)57-45(51)38-36-34-32-30-28-26-24-18-16-14-12-10-8-6-4-2/h11-14,17-19,21-22,24,43-44,46-50,52-54H,3-10,15-16,20,23,25-42H2,1-2H3/b13-11-,14-12-,19-17-,22-21-,24-18-. The highest BCUT2D eigenvalue weighted by molar-refractivity contribution is 5.69. The summed E-state index contributed by atoms with van der Waals surface area (Å²) < 4.78 is 22.8. The number of carbonyl (C=O) groups is 1. The zero-order valence-corrected chi connectivity index (χ0v) is 36.8. The number of ether oxygens (including phenoxy) is 4. The lowest BCUT2D eigenvalue weighted by Gasteiger charge is -2.39. The van der Waals surface area contributed by atoms with Crippen molar-refractivity contribution in [2.45, 2.75) is 218 Å². The lowest BCUT2D eigenvalue weighted by Crippen LogP contribution is -2.59. The molecule has 0 aliphatic carbocycles. The molecule has 0 radical (unpaired) electrons. The molecule has 0 aromatic carbocycles. The van der Waals surface area contributed by atoms with E-state index in [9.17, 15) is 25.2 Å². The molecule has 6 atom stereocenters. The van der Waals surface area contributed by atoms with E-state index in [1.165, 1.54) is 77.0 Å². The van der Waals surface area contributed by atoms with Crippen LogP contribution in [0.25, 0.3) is 0 Å².